The molecule has 3 rings (SSSR count). The second-order valence-corrected chi connectivity index (χ2v) is 7.11. The highest BCUT2D eigenvalue weighted by Gasteiger charge is 2.27. The molecule has 0 radical (unpaired) electrons. The van der Waals surface area contributed by atoms with Crippen molar-refractivity contribution in [2.75, 3.05) is 12.4 Å². The molecule has 0 N–H and O–H groups in total. The minimum atomic E-state index is -3.47. The molecule has 6 heteroatoms. The van der Waals surface area contributed by atoms with Crippen molar-refractivity contribution in [1.29, 1.82) is 0 Å². The van der Waals surface area contributed by atoms with E-state index in [2.05, 4.69) is 4.98 Å². The average molecular weight is 306 g/mol. The van der Waals surface area contributed by atoms with Crippen LogP contribution < -0.4 is 0 Å². The Morgan fingerprint density at radius 2 is 2.05 bits per heavy atom. The summed E-state index contributed by atoms with van der Waals surface area (Å²) < 4.78 is 32.3. The highest BCUT2D eigenvalue weighted by Crippen LogP contribution is 2.20. The summed E-state index contributed by atoms with van der Waals surface area (Å²) in [6, 6.07) is 9.35. The van der Waals surface area contributed by atoms with Crippen LogP contribution in [0.25, 0.3) is 5.69 Å². The van der Waals surface area contributed by atoms with Crippen molar-refractivity contribution in [1.82, 2.24) is 9.55 Å². The van der Waals surface area contributed by atoms with Gasteiger partial charge in [0.15, 0.2) is 0 Å². The minimum Gasteiger partial charge on any atom is -0.377 e. The normalized spacial score (nSPS) is 19.5. The maximum atomic E-state index is 12.6. The van der Waals surface area contributed by atoms with Gasteiger partial charge in [-0.2, -0.15) is 0 Å². The van der Waals surface area contributed by atoms with E-state index < -0.39 is 9.84 Å². The van der Waals surface area contributed by atoms with E-state index in [1.165, 1.54) is 6.20 Å². The van der Waals surface area contributed by atoms with Crippen LogP contribution in [0, 0.1) is 0 Å². The fraction of sp³-hybridized carbons (Fsp3) is 0.400. The van der Waals surface area contributed by atoms with E-state index in [4.69, 9.17) is 4.74 Å². The molecule has 1 saturated heterocycles. The molecule has 1 aromatic carbocycles. The Morgan fingerprint density at radius 1 is 1.24 bits per heavy atom. The summed E-state index contributed by atoms with van der Waals surface area (Å²) in [5, 5.41) is 0.0860. The largest absolute Gasteiger partial charge is 0.377 e. The van der Waals surface area contributed by atoms with Crippen LogP contribution in [0.5, 0.6) is 0 Å². The van der Waals surface area contributed by atoms with Crippen LogP contribution in [-0.4, -0.2) is 36.4 Å². The second-order valence-electron chi connectivity index (χ2n) is 5.19. The average Bonchev–Trinajstić information content (AvgIpc) is 2.99. The predicted molar refractivity (Wildman–Crippen MR) is 79.2 cm³/mol. The first kappa shape index (κ1) is 14.3. The lowest BCUT2D eigenvalue weighted by molar-refractivity contribution is 0.0304. The molecule has 0 saturated carbocycles. The van der Waals surface area contributed by atoms with Crippen LogP contribution in [0.3, 0.4) is 0 Å². The van der Waals surface area contributed by atoms with Gasteiger partial charge in [0, 0.05) is 24.7 Å². The highest BCUT2D eigenvalue weighted by molar-refractivity contribution is 7.91. The molecule has 5 nitrogen and oxygen atoms in total. The summed E-state index contributed by atoms with van der Waals surface area (Å²) in [7, 11) is -3.47. The summed E-state index contributed by atoms with van der Waals surface area (Å²) in [6.45, 7) is 0.646. The number of nitrogens with zero attached hydrogens (tertiary/aromatic N) is 2. The molecule has 0 amide bonds. The van der Waals surface area contributed by atoms with Gasteiger partial charge in [-0.1, -0.05) is 18.2 Å². The first-order valence-electron chi connectivity index (χ1n) is 7.10. The number of para-hydroxylation sites is 1. The van der Waals surface area contributed by atoms with E-state index in [9.17, 15) is 8.42 Å². The number of hydrogen-bond donors (Lipinski definition) is 0. The highest BCUT2D eigenvalue weighted by atomic mass is 32.2. The predicted octanol–water partition coefficient (Wildman–Crippen LogP) is 2.22. The Morgan fingerprint density at radius 3 is 2.76 bits per heavy atom. The molecule has 21 heavy (non-hydrogen) atoms. The summed E-state index contributed by atoms with van der Waals surface area (Å²) in [6.07, 6.45) is 5.80. The van der Waals surface area contributed by atoms with Gasteiger partial charge in [0.25, 0.3) is 0 Å². The Bertz CT molecular complexity index is 689. The van der Waals surface area contributed by atoms with Gasteiger partial charge in [0.2, 0.25) is 15.0 Å². The molecule has 1 aliphatic rings. The lowest BCUT2D eigenvalue weighted by atomic mass is 10.1. The van der Waals surface area contributed by atoms with Crippen molar-refractivity contribution >= 4 is 9.84 Å². The fourth-order valence-corrected chi connectivity index (χ4v) is 4.15. The van der Waals surface area contributed by atoms with Gasteiger partial charge < -0.3 is 4.74 Å². The van der Waals surface area contributed by atoms with Crippen molar-refractivity contribution in [2.45, 2.75) is 30.5 Å². The van der Waals surface area contributed by atoms with Crippen LogP contribution >= 0.6 is 0 Å². The summed E-state index contributed by atoms with van der Waals surface area (Å²) in [5.41, 5.74) is 0.790. The van der Waals surface area contributed by atoms with Crippen molar-refractivity contribution in [3.63, 3.8) is 0 Å². The van der Waals surface area contributed by atoms with E-state index in [-0.39, 0.29) is 17.0 Å². The standard InChI is InChI=1S/C15H18N2O3S/c18-21(19,12-14-8-4-5-11-20-14)15-16-9-10-17(15)13-6-2-1-3-7-13/h1-3,6-7,9-10,14H,4-5,8,11-12H2/t14-/m0/s1. The zero-order valence-corrected chi connectivity index (χ0v) is 12.5. The maximum Gasteiger partial charge on any atom is 0.232 e. The van der Waals surface area contributed by atoms with E-state index in [1.807, 2.05) is 30.3 Å². The number of aromatic nitrogens is 2. The van der Waals surface area contributed by atoms with Gasteiger partial charge in [-0.25, -0.2) is 13.4 Å². The van der Waals surface area contributed by atoms with Crippen LogP contribution in [0.15, 0.2) is 47.9 Å². The molecule has 2 aromatic rings. The Hall–Kier alpha value is -1.66. The molecular weight excluding hydrogens is 288 g/mol. The van der Waals surface area contributed by atoms with E-state index in [0.717, 1.165) is 24.9 Å². The molecule has 0 aliphatic carbocycles. The van der Waals surface area contributed by atoms with Crippen LogP contribution in [0.2, 0.25) is 0 Å². The van der Waals surface area contributed by atoms with Gasteiger partial charge in [0.1, 0.15) is 0 Å². The Labute approximate surface area is 124 Å². The van der Waals surface area contributed by atoms with Gasteiger partial charge in [-0.05, 0) is 31.4 Å². The summed E-state index contributed by atoms with van der Waals surface area (Å²) in [4.78, 5) is 4.05. The molecule has 112 valence electrons. The number of hydrogen-bond acceptors (Lipinski definition) is 4. The monoisotopic (exact) mass is 306 g/mol. The van der Waals surface area contributed by atoms with E-state index in [1.54, 1.807) is 10.8 Å². The molecule has 1 atom stereocenters. The van der Waals surface area contributed by atoms with Crippen LogP contribution in [0.4, 0.5) is 0 Å². The number of benzene rings is 1. The molecule has 0 bridgehead atoms. The molecule has 1 aliphatic heterocycles. The van der Waals surface area contributed by atoms with Crippen molar-refractivity contribution < 1.29 is 13.2 Å². The maximum absolute atomic E-state index is 12.6. The van der Waals surface area contributed by atoms with Crippen molar-refractivity contribution in [3.05, 3.63) is 42.7 Å². The molecule has 1 aromatic heterocycles. The topological polar surface area (TPSA) is 61.2 Å². The third-order valence-electron chi connectivity index (χ3n) is 3.60. The van der Waals surface area contributed by atoms with Gasteiger partial charge >= 0.3 is 0 Å². The molecular formula is C15H18N2O3S. The summed E-state index contributed by atoms with van der Waals surface area (Å²) in [5.74, 6) is -0.00313. The fourth-order valence-electron chi connectivity index (χ4n) is 2.56. The first-order valence-corrected chi connectivity index (χ1v) is 8.75. The zero-order chi connectivity index (χ0) is 14.7. The second kappa shape index (κ2) is 5.99. The van der Waals surface area contributed by atoms with Crippen LogP contribution in [0.1, 0.15) is 19.3 Å². The van der Waals surface area contributed by atoms with E-state index in [0.29, 0.717) is 6.61 Å². The summed E-state index contributed by atoms with van der Waals surface area (Å²) >= 11 is 0. The minimum absolute atomic E-state index is 0.00313. The quantitative estimate of drug-likeness (QED) is 0.869. The first-order chi connectivity index (χ1) is 10.2. The van der Waals surface area contributed by atoms with Crippen molar-refractivity contribution in [2.24, 2.45) is 0 Å². The Balaban J connectivity index is 1.88. The van der Waals surface area contributed by atoms with Gasteiger partial charge in [0.05, 0.1) is 11.9 Å². The molecule has 2 heterocycles. The number of rotatable bonds is 4. The van der Waals surface area contributed by atoms with Crippen molar-refractivity contribution in [3.8, 4) is 5.69 Å². The van der Waals surface area contributed by atoms with Crippen LogP contribution in [-0.2, 0) is 14.6 Å². The SMILES string of the molecule is O=S(=O)(C[C@@H]1CCCCO1)c1nccn1-c1ccccc1. The third kappa shape index (κ3) is 3.16. The number of ether oxygens (including phenoxy) is 1. The lowest BCUT2D eigenvalue weighted by Crippen LogP contribution is -2.28. The molecule has 0 unspecified atom stereocenters. The lowest BCUT2D eigenvalue weighted by Gasteiger charge is -2.22. The van der Waals surface area contributed by atoms with Gasteiger partial charge in [-0.3, -0.25) is 4.57 Å². The smallest absolute Gasteiger partial charge is 0.232 e. The number of imidazole rings is 1. The molecule has 1 fully saturated rings. The zero-order valence-electron chi connectivity index (χ0n) is 11.7. The Kier molecular flexibility index (Phi) is 4.07. The van der Waals surface area contributed by atoms with Gasteiger partial charge in [-0.15, -0.1) is 0 Å². The molecule has 0 spiro atoms. The van der Waals surface area contributed by atoms with E-state index >= 15 is 0 Å². The number of sulfone groups is 1. The third-order valence-corrected chi connectivity index (χ3v) is 5.27.